The van der Waals surface area contributed by atoms with Gasteiger partial charge in [-0.05, 0) is 60.6 Å². The van der Waals surface area contributed by atoms with Gasteiger partial charge >= 0.3 is 0 Å². The number of nitrogens with one attached hydrogen (secondary N) is 1. The molecule has 5 rings (SSSR count). The third kappa shape index (κ3) is 4.25. The third-order valence-electron chi connectivity index (χ3n) is 6.00. The molecule has 4 aromatic rings. The second-order valence-corrected chi connectivity index (χ2v) is 9.36. The number of nitrogens with zero attached hydrogens (tertiary/aromatic N) is 2. The fourth-order valence-corrected chi connectivity index (χ4v) is 4.84. The van der Waals surface area contributed by atoms with E-state index in [1.54, 1.807) is 31.2 Å². The summed E-state index contributed by atoms with van der Waals surface area (Å²) in [6.07, 6.45) is 3.53. The number of anilines is 1. The molecule has 1 aromatic heterocycles. The predicted molar refractivity (Wildman–Crippen MR) is 145 cm³/mol. The van der Waals surface area contributed by atoms with E-state index in [-0.39, 0.29) is 10.7 Å². The number of fused-ring (bicyclic) bond motifs is 1. The smallest absolute Gasteiger partial charge is 0.270 e. The zero-order chi connectivity index (χ0) is 24.7. The van der Waals surface area contributed by atoms with Gasteiger partial charge in [-0.2, -0.15) is 0 Å². The van der Waals surface area contributed by atoms with Gasteiger partial charge in [0.15, 0.2) is 5.11 Å². The third-order valence-corrected chi connectivity index (χ3v) is 7.06. The minimum absolute atomic E-state index is 0.0152. The molecule has 8 heteroatoms. The lowest BCUT2D eigenvalue weighted by molar-refractivity contribution is -0.122. The Kier molecular flexibility index (Phi) is 6.19. The standard InChI is InChI=1S/C27H19Cl2N3O2S/c1-16-21(28)10-6-12-23(16)32-26(34)20(25(33)30-27(32)35)13-18-15-31(24-11-5-3-8-19(18)24)14-17-7-2-4-9-22(17)29/h2-13,15H,14H2,1H3,(H,30,33,35)/b20-13+. The van der Waals surface area contributed by atoms with Gasteiger partial charge in [0, 0.05) is 39.3 Å². The van der Waals surface area contributed by atoms with Crippen LogP contribution in [0, 0.1) is 6.92 Å². The molecular weight excluding hydrogens is 501 g/mol. The number of amides is 2. The highest BCUT2D eigenvalue weighted by Gasteiger charge is 2.35. The van der Waals surface area contributed by atoms with Crippen molar-refractivity contribution in [2.45, 2.75) is 13.5 Å². The van der Waals surface area contributed by atoms with Gasteiger partial charge < -0.3 is 4.57 Å². The Balaban J connectivity index is 1.59. The summed E-state index contributed by atoms with van der Waals surface area (Å²) in [7, 11) is 0. The molecule has 0 atom stereocenters. The first kappa shape index (κ1) is 23.3. The predicted octanol–water partition coefficient (Wildman–Crippen LogP) is 6.14. The average Bonchev–Trinajstić information content (AvgIpc) is 3.18. The Labute approximate surface area is 217 Å². The van der Waals surface area contributed by atoms with Crippen molar-refractivity contribution in [2.75, 3.05) is 4.90 Å². The molecule has 0 bridgehead atoms. The molecule has 1 N–H and O–H groups in total. The minimum Gasteiger partial charge on any atom is -0.342 e. The van der Waals surface area contributed by atoms with Crippen LogP contribution in [0.25, 0.3) is 17.0 Å². The number of thiocarbonyl (C=S) groups is 1. The van der Waals surface area contributed by atoms with Crippen LogP contribution in [0.15, 0.2) is 78.5 Å². The van der Waals surface area contributed by atoms with Crippen molar-refractivity contribution in [3.05, 3.63) is 105 Å². The molecule has 1 aliphatic rings. The van der Waals surface area contributed by atoms with Gasteiger partial charge in [0.05, 0.1) is 5.69 Å². The Morgan fingerprint density at radius 3 is 2.46 bits per heavy atom. The summed E-state index contributed by atoms with van der Waals surface area (Å²) in [5.74, 6) is -1.05. The maximum Gasteiger partial charge on any atom is 0.270 e. The topological polar surface area (TPSA) is 54.3 Å². The summed E-state index contributed by atoms with van der Waals surface area (Å²) in [5, 5.41) is 4.74. The van der Waals surface area contributed by atoms with Crippen molar-refractivity contribution < 1.29 is 9.59 Å². The van der Waals surface area contributed by atoms with E-state index >= 15 is 0 Å². The van der Waals surface area contributed by atoms with Crippen LogP contribution < -0.4 is 10.2 Å². The molecule has 0 unspecified atom stereocenters. The number of hydrogen-bond acceptors (Lipinski definition) is 3. The summed E-state index contributed by atoms with van der Waals surface area (Å²) in [4.78, 5) is 27.7. The van der Waals surface area contributed by atoms with Crippen LogP contribution in [0.1, 0.15) is 16.7 Å². The number of hydrogen-bond donors (Lipinski definition) is 1. The fraction of sp³-hybridized carbons (Fsp3) is 0.0741. The highest BCUT2D eigenvalue weighted by atomic mass is 35.5. The van der Waals surface area contributed by atoms with Gasteiger partial charge in [-0.1, -0.05) is 65.7 Å². The number of benzene rings is 3. The maximum atomic E-state index is 13.5. The Morgan fingerprint density at radius 1 is 0.943 bits per heavy atom. The SMILES string of the molecule is Cc1c(Cl)cccc1N1C(=O)/C(=C/c2cn(Cc3ccccc3Cl)c3ccccc23)C(=O)NC1=S. The van der Waals surface area contributed by atoms with Crippen molar-refractivity contribution >= 4 is 75.0 Å². The minimum atomic E-state index is -0.543. The maximum absolute atomic E-state index is 13.5. The fourth-order valence-electron chi connectivity index (χ4n) is 4.20. The highest BCUT2D eigenvalue weighted by Crippen LogP contribution is 2.31. The molecule has 0 aliphatic carbocycles. The van der Waals surface area contributed by atoms with Crippen LogP contribution in [0.3, 0.4) is 0 Å². The largest absolute Gasteiger partial charge is 0.342 e. The number of aromatic nitrogens is 1. The van der Waals surface area contributed by atoms with Crippen molar-refractivity contribution in [3.8, 4) is 0 Å². The zero-order valence-corrected chi connectivity index (χ0v) is 20.9. The van der Waals surface area contributed by atoms with Crippen LogP contribution >= 0.6 is 35.4 Å². The molecule has 2 amide bonds. The first-order valence-electron chi connectivity index (χ1n) is 10.8. The molecule has 0 radical (unpaired) electrons. The number of carbonyl (C=O) groups is 2. The van der Waals surface area contributed by atoms with Crippen LogP contribution in [-0.4, -0.2) is 21.5 Å². The van der Waals surface area contributed by atoms with E-state index < -0.39 is 11.8 Å². The highest BCUT2D eigenvalue weighted by molar-refractivity contribution is 7.80. The van der Waals surface area contributed by atoms with Crippen LogP contribution in [0.4, 0.5) is 5.69 Å². The monoisotopic (exact) mass is 519 g/mol. The van der Waals surface area contributed by atoms with E-state index in [4.69, 9.17) is 35.4 Å². The van der Waals surface area contributed by atoms with Gasteiger partial charge in [0.2, 0.25) is 0 Å². The molecular formula is C27H19Cl2N3O2S. The molecule has 1 fully saturated rings. The first-order valence-corrected chi connectivity index (χ1v) is 12.0. The van der Waals surface area contributed by atoms with E-state index in [9.17, 15) is 9.59 Å². The first-order chi connectivity index (χ1) is 16.8. The van der Waals surface area contributed by atoms with E-state index in [0.717, 1.165) is 22.0 Å². The molecule has 0 saturated carbocycles. The normalized spacial score (nSPS) is 15.2. The van der Waals surface area contributed by atoms with Gasteiger partial charge in [0.25, 0.3) is 11.8 Å². The summed E-state index contributed by atoms with van der Waals surface area (Å²) in [5.41, 5.74) is 3.87. The van der Waals surface area contributed by atoms with E-state index in [1.165, 1.54) is 4.90 Å². The lowest BCUT2D eigenvalue weighted by Crippen LogP contribution is -2.54. The Bertz CT molecular complexity index is 1560. The van der Waals surface area contributed by atoms with Crippen LogP contribution in [0.2, 0.25) is 10.0 Å². The lowest BCUT2D eigenvalue weighted by atomic mass is 10.1. The molecule has 1 aliphatic heterocycles. The molecule has 0 spiro atoms. The zero-order valence-electron chi connectivity index (χ0n) is 18.6. The average molecular weight is 520 g/mol. The summed E-state index contributed by atoms with van der Waals surface area (Å²) in [6, 6.07) is 20.7. The summed E-state index contributed by atoms with van der Waals surface area (Å²) >= 11 is 18.0. The number of halogens is 2. The van der Waals surface area contributed by atoms with E-state index in [0.29, 0.717) is 27.8 Å². The van der Waals surface area contributed by atoms with Crippen LogP contribution in [-0.2, 0) is 16.1 Å². The van der Waals surface area contributed by atoms with Crippen molar-refractivity contribution in [1.29, 1.82) is 0 Å². The second-order valence-electron chi connectivity index (χ2n) is 8.16. The quantitative estimate of drug-likeness (QED) is 0.200. The molecule has 5 nitrogen and oxygen atoms in total. The second kappa shape index (κ2) is 9.30. The number of carbonyl (C=O) groups excluding carboxylic acids is 2. The van der Waals surface area contributed by atoms with Crippen molar-refractivity contribution in [3.63, 3.8) is 0 Å². The summed E-state index contributed by atoms with van der Waals surface area (Å²) < 4.78 is 2.05. The molecule has 174 valence electrons. The van der Waals surface area contributed by atoms with E-state index in [1.807, 2.05) is 54.7 Å². The molecule has 35 heavy (non-hydrogen) atoms. The van der Waals surface area contributed by atoms with Crippen molar-refractivity contribution in [2.24, 2.45) is 0 Å². The molecule has 3 aromatic carbocycles. The summed E-state index contributed by atoms with van der Waals surface area (Å²) in [6.45, 7) is 2.34. The Morgan fingerprint density at radius 2 is 1.66 bits per heavy atom. The van der Waals surface area contributed by atoms with Gasteiger partial charge in [-0.25, -0.2) is 0 Å². The van der Waals surface area contributed by atoms with E-state index in [2.05, 4.69) is 9.88 Å². The number of para-hydroxylation sites is 1. The van der Waals surface area contributed by atoms with Crippen molar-refractivity contribution in [1.82, 2.24) is 9.88 Å². The lowest BCUT2D eigenvalue weighted by Gasteiger charge is -2.30. The Hall–Kier alpha value is -3.45. The number of rotatable bonds is 4. The van der Waals surface area contributed by atoms with Gasteiger partial charge in [0.1, 0.15) is 5.57 Å². The van der Waals surface area contributed by atoms with Gasteiger partial charge in [-0.15, -0.1) is 0 Å². The van der Waals surface area contributed by atoms with Gasteiger partial charge in [-0.3, -0.25) is 19.8 Å². The molecule has 1 saturated heterocycles. The van der Waals surface area contributed by atoms with Crippen LogP contribution in [0.5, 0.6) is 0 Å². The molecule has 2 heterocycles.